The van der Waals surface area contributed by atoms with Gasteiger partial charge in [-0.3, -0.25) is 9.59 Å². The van der Waals surface area contributed by atoms with Crippen molar-refractivity contribution in [3.05, 3.63) is 11.6 Å². The first kappa shape index (κ1) is 14.7. The molecule has 22 heavy (non-hydrogen) atoms. The van der Waals surface area contributed by atoms with Gasteiger partial charge >= 0.3 is 0 Å². The van der Waals surface area contributed by atoms with Crippen LogP contribution in [0.3, 0.4) is 0 Å². The van der Waals surface area contributed by atoms with Crippen LogP contribution in [0.4, 0.5) is 0 Å². The van der Waals surface area contributed by atoms with E-state index in [9.17, 15) is 9.59 Å². The van der Waals surface area contributed by atoms with Gasteiger partial charge in [0, 0.05) is 18.3 Å². The van der Waals surface area contributed by atoms with E-state index in [0.29, 0.717) is 41.7 Å². The molecular formula is C20H28O2. The Labute approximate surface area is 133 Å². The van der Waals surface area contributed by atoms with Gasteiger partial charge in [0.25, 0.3) is 0 Å². The average molecular weight is 300 g/mol. The molecular weight excluding hydrogens is 272 g/mol. The normalized spacial score (nSPS) is 46.6. The molecule has 3 saturated carbocycles. The van der Waals surface area contributed by atoms with Gasteiger partial charge in [-0.2, -0.15) is 0 Å². The van der Waals surface area contributed by atoms with E-state index in [-0.39, 0.29) is 10.8 Å². The summed E-state index contributed by atoms with van der Waals surface area (Å²) in [7, 11) is 0. The predicted molar refractivity (Wildman–Crippen MR) is 86.3 cm³/mol. The van der Waals surface area contributed by atoms with E-state index in [1.165, 1.54) is 18.4 Å². The molecule has 4 rings (SSSR count). The number of carbonyl (C=O) groups excluding carboxylic acids is 2. The maximum absolute atomic E-state index is 12.4. The van der Waals surface area contributed by atoms with Gasteiger partial charge in [0.1, 0.15) is 5.78 Å². The lowest BCUT2D eigenvalue weighted by molar-refractivity contribution is -0.132. The molecule has 3 fully saturated rings. The number of ketones is 2. The Morgan fingerprint density at radius 3 is 2.55 bits per heavy atom. The van der Waals surface area contributed by atoms with Crippen molar-refractivity contribution in [2.24, 2.45) is 34.5 Å². The van der Waals surface area contributed by atoms with Gasteiger partial charge in [-0.25, -0.2) is 0 Å². The van der Waals surface area contributed by atoms with E-state index in [4.69, 9.17) is 0 Å². The van der Waals surface area contributed by atoms with Gasteiger partial charge in [-0.05, 0) is 67.3 Å². The van der Waals surface area contributed by atoms with Crippen molar-refractivity contribution in [3.63, 3.8) is 0 Å². The van der Waals surface area contributed by atoms with Crippen molar-refractivity contribution in [1.82, 2.24) is 0 Å². The molecule has 0 aromatic rings. The summed E-state index contributed by atoms with van der Waals surface area (Å²) in [6.45, 7) is 6.82. The smallest absolute Gasteiger partial charge is 0.156 e. The Morgan fingerprint density at radius 2 is 1.77 bits per heavy atom. The van der Waals surface area contributed by atoms with Crippen LogP contribution in [-0.4, -0.2) is 11.6 Å². The molecule has 0 amide bonds. The van der Waals surface area contributed by atoms with E-state index in [1.54, 1.807) is 0 Å². The van der Waals surface area contributed by atoms with E-state index in [0.717, 1.165) is 25.7 Å². The molecule has 0 aromatic carbocycles. The molecule has 0 bridgehead atoms. The summed E-state index contributed by atoms with van der Waals surface area (Å²) in [5.74, 6) is 3.44. The Hall–Kier alpha value is -0.920. The molecule has 5 atom stereocenters. The van der Waals surface area contributed by atoms with Crippen molar-refractivity contribution in [2.45, 2.75) is 65.7 Å². The highest BCUT2D eigenvalue weighted by molar-refractivity contribution is 5.92. The molecule has 0 spiro atoms. The predicted octanol–water partition coefficient (Wildman–Crippen LogP) is 4.33. The van der Waals surface area contributed by atoms with Crippen LogP contribution in [-0.2, 0) is 9.59 Å². The van der Waals surface area contributed by atoms with Crippen LogP contribution in [0.15, 0.2) is 11.6 Å². The second-order valence-electron chi connectivity index (χ2n) is 9.22. The van der Waals surface area contributed by atoms with Crippen LogP contribution in [0.5, 0.6) is 0 Å². The molecule has 2 heteroatoms. The molecule has 0 radical (unpaired) electrons. The lowest BCUT2D eigenvalue weighted by Crippen LogP contribution is -2.50. The molecule has 0 unspecified atom stereocenters. The van der Waals surface area contributed by atoms with Gasteiger partial charge in [0.2, 0.25) is 0 Å². The standard InChI is InChI=1S/C20H28O2/c1-19(2)11-13(21)10-12-4-5-14-15(18(12)19)8-9-20(3)16(14)6-7-17(20)22/h10,14-16,18H,4-9,11H2,1-3H3/t14-,15+,16+,18+,20+/m1/s1. The first-order chi connectivity index (χ1) is 10.3. The van der Waals surface area contributed by atoms with Crippen molar-refractivity contribution in [1.29, 1.82) is 0 Å². The number of carbonyl (C=O) groups is 2. The Bertz CT molecular complexity index is 570. The maximum atomic E-state index is 12.4. The third kappa shape index (κ3) is 1.85. The van der Waals surface area contributed by atoms with Crippen LogP contribution in [0.2, 0.25) is 0 Å². The topological polar surface area (TPSA) is 34.1 Å². The lowest BCUT2D eigenvalue weighted by Gasteiger charge is -2.55. The fourth-order valence-corrected chi connectivity index (χ4v) is 6.74. The van der Waals surface area contributed by atoms with Crippen molar-refractivity contribution in [2.75, 3.05) is 0 Å². The van der Waals surface area contributed by atoms with Crippen molar-refractivity contribution >= 4 is 11.6 Å². The zero-order valence-corrected chi connectivity index (χ0v) is 14.2. The van der Waals surface area contributed by atoms with Gasteiger partial charge in [-0.15, -0.1) is 0 Å². The fraction of sp³-hybridized carbons (Fsp3) is 0.800. The Balaban J connectivity index is 1.71. The Morgan fingerprint density at radius 1 is 1.00 bits per heavy atom. The number of hydrogen-bond acceptors (Lipinski definition) is 2. The molecule has 4 aliphatic rings. The zero-order valence-electron chi connectivity index (χ0n) is 14.2. The Kier molecular flexibility index (Phi) is 3.03. The summed E-state index contributed by atoms with van der Waals surface area (Å²) < 4.78 is 0. The molecule has 120 valence electrons. The van der Waals surface area contributed by atoms with E-state index >= 15 is 0 Å². The monoisotopic (exact) mass is 300 g/mol. The second-order valence-corrected chi connectivity index (χ2v) is 9.22. The molecule has 4 aliphatic carbocycles. The first-order valence-corrected chi connectivity index (χ1v) is 9.09. The van der Waals surface area contributed by atoms with Crippen LogP contribution >= 0.6 is 0 Å². The first-order valence-electron chi connectivity index (χ1n) is 9.09. The average Bonchev–Trinajstić information content (AvgIpc) is 2.73. The van der Waals surface area contributed by atoms with E-state index in [2.05, 4.69) is 20.8 Å². The quantitative estimate of drug-likeness (QED) is 0.667. The van der Waals surface area contributed by atoms with Crippen LogP contribution < -0.4 is 0 Å². The highest BCUT2D eigenvalue weighted by Crippen LogP contribution is 2.62. The highest BCUT2D eigenvalue weighted by atomic mass is 16.1. The molecule has 0 aliphatic heterocycles. The SMILES string of the molecule is CC1(C)CC(=O)C=C2CC[C@@H]3[C@H](CC[C@]4(C)C(=O)CC[C@@H]34)[C@H]21. The number of allylic oxidation sites excluding steroid dienone is 1. The molecule has 0 saturated heterocycles. The minimum absolute atomic E-state index is 0.0307. The summed E-state index contributed by atoms with van der Waals surface area (Å²) in [4.78, 5) is 24.5. The van der Waals surface area contributed by atoms with Crippen molar-refractivity contribution < 1.29 is 9.59 Å². The van der Waals surface area contributed by atoms with Crippen LogP contribution in [0, 0.1) is 34.5 Å². The van der Waals surface area contributed by atoms with Gasteiger partial charge in [0.15, 0.2) is 5.78 Å². The summed E-state index contributed by atoms with van der Waals surface area (Å²) in [6, 6.07) is 0. The second kappa shape index (κ2) is 4.55. The minimum atomic E-state index is -0.0307. The van der Waals surface area contributed by atoms with E-state index < -0.39 is 0 Å². The fourth-order valence-electron chi connectivity index (χ4n) is 6.74. The summed E-state index contributed by atoms with van der Waals surface area (Å²) in [5.41, 5.74) is 1.49. The number of rotatable bonds is 0. The van der Waals surface area contributed by atoms with Crippen LogP contribution in [0.25, 0.3) is 0 Å². The largest absolute Gasteiger partial charge is 0.299 e. The third-order valence-corrected chi connectivity index (χ3v) is 7.61. The summed E-state index contributed by atoms with van der Waals surface area (Å²) in [5, 5.41) is 0. The van der Waals surface area contributed by atoms with Gasteiger partial charge in [-0.1, -0.05) is 26.3 Å². The number of Topliss-reactive ketones (excluding diaryl/α,β-unsaturated/α-hetero) is 1. The molecule has 0 N–H and O–H groups in total. The van der Waals surface area contributed by atoms with E-state index in [1.807, 2.05) is 6.08 Å². The van der Waals surface area contributed by atoms with Gasteiger partial charge < -0.3 is 0 Å². The summed E-state index contributed by atoms with van der Waals surface area (Å²) >= 11 is 0. The highest BCUT2D eigenvalue weighted by Gasteiger charge is 2.58. The van der Waals surface area contributed by atoms with Crippen molar-refractivity contribution in [3.8, 4) is 0 Å². The van der Waals surface area contributed by atoms with Crippen LogP contribution in [0.1, 0.15) is 65.7 Å². The summed E-state index contributed by atoms with van der Waals surface area (Å²) in [6.07, 6.45) is 9.13. The zero-order chi connectivity index (χ0) is 15.7. The van der Waals surface area contributed by atoms with Gasteiger partial charge in [0.05, 0.1) is 0 Å². The molecule has 0 heterocycles. The lowest BCUT2D eigenvalue weighted by atomic mass is 9.48. The third-order valence-electron chi connectivity index (χ3n) is 7.61. The number of hydrogen-bond donors (Lipinski definition) is 0. The maximum Gasteiger partial charge on any atom is 0.156 e. The minimum Gasteiger partial charge on any atom is -0.299 e. The molecule has 0 aromatic heterocycles. The number of fused-ring (bicyclic) bond motifs is 5. The molecule has 2 nitrogen and oxygen atoms in total.